The number of carbonyl (C=O) groups is 2. The molecule has 6 heteroatoms. The topological polar surface area (TPSA) is 95.9 Å². The van der Waals surface area contributed by atoms with Gasteiger partial charge in [-0.05, 0) is 64.2 Å². The Morgan fingerprint density at radius 1 is 0.526 bits per heavy atom. The summed E-state index contributed by atoms with van der Waals surface area (Å²) in [6.07, 6.45) is 57.5. The van der Waals surface area contributed by atoms with Gasteiger partial charge in [0.15, 0.2) is 0 Å². The minimum Gasteiger partial charge on any atom is -0.462 e. The lowest BCUT2D eigenvalue weighted by molar-refractivity contribution is -0.151. The van der Waals surface area contributed by atoms with E-state index >= 15 is 0 Å². The van der Waals surface area contributed by atoms with Gasteiger partial charge in [0.1, 0.15) is 6.10 Å². The first-order chi connectivity index (χ1) is 28.0. The van der Waals surface area contributed by atoms with Crippen LogP contribution in [0.25, 0.3) is 0 Å². The van der Waals surface area contributed by atoms with Gasteiger partial charge in [0.25, 0.3) is 0 Å². The number of aliphatic hydroxyl groups is 2. The molecule has 0 bridgehead atoms. The minimum atomic E-state index is -0.806. The molecular weight excluding hydrogens is 707 g/mol. The van der Waals surface area contributed by atoms with Gasteiger partial charge in [-0.3, -0.25) is 9.59 Å². The predicted octanol–water partition coefficient (Wildman–Crippen LogP) is 13.4. The van der Waals surface area contributed by atoms with Gasteiger partial charge in [0.05, 0.1) is 25.2 Å². The Hall–Kier alpha value is -3.22. The maximum atomic E-state index is 13.1. The monoisotopic (exact) mass is 792 g/mol. The molecule has 0 rings (SSSR count). The third kappa shape index (κ3) is 39.4. The second kappa shape index (κ2) is 43.9. The third-order valence-electron chi connectivity index (χ3n) is 9.85. The number of hydrogen-bond acceptors (Lipinski definition) is 5. The second-order valence-corrected chi connectivity index (χ2v) is 15.2. The first-order valence-corrected chi connectivity index (χ1v) is 23.1. The Morgan fingerprint density at radius 2 is 0.947 bits per heavy atom. The van der Waals surface area contributed by atoms with Gasteiger partial charge in [0, 0.05) is 6.42 Å². The SMILES string of the molecule is CC/C=C/C=C/C=C/C=C\CCCCCCCC(=O)OC(CCCCC\C=C/C=C/C=C/C=C/CC)CC(=O)NC(CO)C(O)CCCCCCCCCCCC. The van der Waals surface area contributed by atoms with Crippen LogP contribution < -0.4 is 5.32 Å². The van der Waals surface area contributed by atoms with Crippen molar-refractivity contribution in [3.63, 3.8) is 0 Å². The van der Waals surface area contributed by atoms with Crippen LogP contribution in [-0.2, 0) is 14.3 Å². The number of ether oxygens (including phenoxy) is 1. The van der Waals surface area contributed by atoms with Gasteiger partial charge in [-0.1, -0.05) is 208 Å². The molecule has 0 radical (unpaired) electrons. The van der Waals surface area contributed by atoms with Crippen LogP contribution in [0.5, 0.6) is 0 Å². The Bertz CT molecular complexity index is 1160. The molecule has 3 atom stereocenters. The van der Waals surface area contributed by atoms with Gasteiger partial charge >= 0.3 is 5.97 Å². The molecule has 0 spiro atoms. The van der Waals surface area contributed by atoms with E-state index in [1.807, 2.05) is 48.6 Å². The van der Waals surface area contributed by atoms with Crippen molar-refractivity contribution in [1.82, 2.24) is 5.32 Å². The maximum absolute atomic E-state index is 13.1. The van der Waals surface area contributed by atoms with Crippen LogP contribution in [0.4, 0.5) is 0 Å². The highest BCUT2D eigenvalue weighted by molar-refractivity contribution is 5.77. The highest BCUT2D eigenvalue weighted by Gasteiger charge is 2.24. The molecule has 0 aliphatic rings. The number of hydrogen-bond donors (Lipinski definition) is 3. The van der Waals surface area contributed by atoms with Crippen LogP contribution >= 0.6 is 0 Å². The lowest BCUT2D eigenvalue weighted by atomic mass is 10.0. The van der Waals surface area contributed by atoms with E-state index < -0.39 is 18.2 Å². The molecule has 0 aliphatic carbocycles. The van der Waals surface area contributed by atoms with E-state index in [1.165, 1.54) is 44.9 Å². The van der Waals surface area contributed by atoms with Crippen molar-refractivity contribution in [2.75, 3.05) is 6.61 Å². The van der Waals surface area contributed by atoms with Gasteiger partial charge in [0.2, 0.25) is 5.91 Å². The van der Waals surface area contributed by atoms with Crippen LogP contribution in [0.3, 0.4) is 0 Å². The fraction of sp³-hybridized carbons (Fsp3) is 0.647. The highest BCUT2D eigenvalue weighted by Crippen LogP contribution is 2.17. The molecule has 0 saturated carbocycles. The number of amides is 1. The Morgan fingerprint density at radius 3 is 1.46 bits per heavy atom. The molecule has 0 aliphatic heterocycles. The molecular formula is C51H85NO5. The van der Waals surface area contributed by atoms with E-state index in [1.54, 1.807) is 0 Å². The average Bonchev–Trinajstić information content (AvgIpc) is 3.20. The summed E-state index contributed by atoms with van der Waals surface area (Å²) < 4.78 is 5.88. The summed E-state index contributed by atoms with van der Waals surface area (Å²) >= 11 is 0. The van der Waals surface area contributed by atoms with Crippen LogP contribution in [0.15, 0.2) is 97.2 Å². The molecule has 0 heterocycles. The molecule has 0 aromatic heterocycles. The largest absolute Gasteiger partial charge is 0.462 e. The zero-order valence-electron chi connectivity index (χ0n) is 36.7. The van der Waals surface area contributed by atoms with E-state index in [0.29, 0.717) is 19.3 Å². The average molecular weight is 792 g/mol. The van der Waals surface area contributed by atoms with Gasteiger partial charge in [-0.15, -0.1) is 0 Å². The summed E-state index contributed by atoms with van der Waals surface area (Å²) in [5, 5.41) is 23.6. The second-order valence-electron chi connectivity index (χ2n) is 15.2. The zero-order chi connectivity index (χ0) is 41.7. The van der Waals surface area contributed by atoms with Gasteiger partial charge in [-0.25, -0.2) is 0 Å². The van der Waals surface area contributed by atoms with E-state index in [0.717, 1.165) is 96.3 Å². The highest BCUT2D eigenvalue weighted by atomic mass is 16.5. The first kappa shape index (κ1) is 53.8. The zero-order valence-corrected chi connectivity index (χ0v) is 36.7. The lowest BCUT2D eigenvalue weighted by Crippen LogP contribution is -2.46. The van der Waals surface area contributed by atoms with Crippen LogP contribution in [0, 0.1) is 0 Å². The normalized spacial score (nSPS) is 14.3. The van der Waals surface area contributed by atoms with Crippen molar-refractivity contribution >= 4 is 11.9 Å². The van der Waals surface area contributed by atoms with Gasteiger partial charge < -0.3 is 20.3 Å². The number of rotatable bonds is 39. The summed E-state index contributed by atoms with van der Waals surface area (Å²) in [6.45, 7) is 6.15. The minimum absolute atomic E-state index is 0.0355. The summed E-state index contributed by atoms with van der Waals surface area (Å²) in [5.74, 6) is -0.552. The predicted molar refractivity (Wildman–Crippen MR) is 245 cm³/mol. The van der Waals surface area contributed by atoms with Crippen molar-refractivity contribution in [3.8, 4) is 0 Å². The molecule has 3 unspecified atom stereocenters. The Labute approximate surface area is 350 Å². The van der Waals surface area contributed by atoms with E-state index in [2.05, 4.69) is 74.7 Å². The molecule has 6 nitrogen and oxygen atoms in total. The van der Waals surface area contributed by atoms with Crippen LogP contribution in [-0.4, -0.2) is 46.9 Å². The van der Waals surface area contributed by atoms with Gasteiger partial charge in [-0.2, -0.15) is 0 Å². The van der Waals surface area contributed by atoms with Crippen molar-refractivity contribution in [3.05, 3.63) is 97.2 Å². The van der Waals surface area contributed by atoms with Crippen LogP contribution in [0.2, 0.25) is 0 Å². The van der Waals surface area contributed by atoms with Crippen LogP contribution in [0.1, 0.15) is 188 Å². The summed E-state index contributed by atoms with van der Waals surface area (Å²) in [4.78, 5) is 26.0. The standard InChI is InChI=1S/C51H85NO5/c1-4-7-10-13-16-19-22-24-25-27-29-32-35-38-41-44-51(56)57-47(42-39-36-33-30-28-26-23-20-17-14-11-8-5-2)45-50(55)52-48(46-53)49(54)43-40-37-34-31-21-18-15-12-9-6-3/h7-8,10-11,13-14,16-17,19-20,22-26,28,47-49,53-54H,4-6,9,12,15,18,21,27,29-46H2,1-3H3,(H,52,55)/b10-7+,11-8+,16-13+,17-14+,22-19+,23-20+,25-24-,28-26-. The van der Waals surface area contributed by atoms with Crippen molar-refractivity contribution in [2.45, 2.75) is 206 Å². The number of nitrogens with one attached hydrogen (secondary N) is 1. The maximum Gasteiger partial charge on any atom is 0.306 e. The lowest BCUT2D eigenvalue weighted by Gasteiger charge is -2.24. The fourth-order valence-corrected chi connectivity index (χ4v) is 6.39. The fourth-order valence-electron chi connectivity index (χ4n) is 6.39. The molecule has 57 heavy (non-hydrogen) atoms. The quantitative estimate of drug-likeness (QED) is 0.0327. The third-order valence-corrected chi connectivity index (χ3v) is 9.85. The summed E-state index contributed by atoms with van der Waals surface area (Å²) in [5.41, 5.74) is 0. The number of esters is 1. The number of unbranched alkanes of at least 4 members (excludes halogenated alkanes) is 17. The summed E-state index contributed by atoms with van der Waals surface area (Å²) in [7, 11) is 0. The number of allylic oxidation sites excluding steroid dienone is 16. The molecule has 0 fully saturated rings. The number of aliphatic hydroxyl groups excluding tert-OH is 2. The molecule has 0 aromatic rings. The Balaban J connectivity index is 4.74. The number of carbonyl (C=O) groups excluding carboxylic acids is 2. The van der Waals surface area contributed by atoms with Crippen molar-refractivity contribution in [2.24, 2.45) is 0 Å². The molecule has 1 amide bonds. The van der Waals surface area contributed by atoms with E-state index in [4.69, 9.17) is 4.74 Å². The molecule has 0 saturated heterocycles. The smallest absolute Gasteiger partial charge is 0.306 e. The first-order valence-electron chi connectivity index (χ1n) is 23.1. The van der Waals surface area contributed by atoms with Crippen molar-refractivity contribution in [1.29, 1.82) is 0 Å². The van der Waals surface area contributed by atoms with Crippen molar-refractivity contribution < 1.29 is 24.5 Å². The van der Waals surface area contributed by atoms with E-state index in [9.17, 15) is 19.8 Å². The molecule has 3 N–H and O–H groups in total. The van der Waals surface area contributed by atoms with E-state index in [-0.39, 0.29) is 24.9 Å². The molecule has 0 aromatic carbocycles. The Kier molecular flexibility index (Phi) is 41.4. The summed E-state index contributed by atoms with van der Waals surface area (Å²) in [6, 6.07) is -0.723. The molecule has 324 valence electrons.